The molecule has 4 heteroatoms. The SMILES string of the molecule is O=C(O[C@H]1CCCC[C@@H]1F)c1cncc(-c2ccccc2)c1. The third kappa shape index (κ3) is 3.32. The molecule has 1 fully saturated rings. The van der Waals surface area contributed by atoms with Crippen molar-refractivity contribution < 1.29 is 13.9 Å². The Morgan fingerprint density at radius 3 is 2.64 bits per heavy atom. The molecule has 1 aliphatic carbocycles. The van der Waals surface area contributed by atoms with Crippen LogP contribution in [0, 0.1) is 0 Å². The number of ether oxygens (including phenoxy) is 1. The normalized spacial score (nSPS) is 21.3. The summed E-state index contributed by atoms with van der Waals surface area (Å²) in [7, 11) is 0. The molecule has 0 amide bonds. The smallest absolute Gasteiger partial charge is 0.340 e. The predicted molar refractivity (Wildman–Crippen MR) is 82.2 cm³/mol. The summed E-state index contributed by atoms with van der Waals surface area (Å²) in [5.41, 5.74) is 2.18. The summed E-state index contributed by atoms with van der Waals surface area (Å²) in [6.07, 6.45) is 4.32. The molecular weight excluding hydrogens is 281 g/mol. The van der Waals surface area contributed by atoms with Crippen molar-refractivity contribution >= 4 is 5.97 Å². The number of pyridine rings is 1. The van der Waals surface area contributed by atoms with Crippen LogP contribution in [0.15, 0.2) is 48.8 Å². The zero-order chi connectivity index (χ0) is 15.4. The third-order valence-corrected chi connectivity index (χ3v) is 3.96. The minimum atomic E-state index is -1.05. The molecule has 1 aromatic carbocycles. The molecule has 1 saturated carbocycles. The second-order valence-corrected chi connectivity index (χ2v) is 5.57. The highest BCUT2D eigenvalue weighted by Crippen LogP contribution is 2.25. The average molecular weight is 299 g/mol. The van der Waals surface area contributed by atoms with Crippen molar-refractivity contribution in [3.8, 4) is 11.1 Å². The Labute approximate surface area is 129 Å². The maximum Gasteiger partial charge on any atom is 0.340 e. The van der Waals surface area contributed by atoms with Gasteiger partial charge in [0.1, 0.15) is 12.3 Å². The van der Waals surface area contributed by atoms with Crippen LogP contribution in [0.2, 0.25) is 0 Å². The lowest BCUT2D eigenvalue weighted by atomic mass is 9.96. The van der Waals surface area contributed by atoms with Gasteiger partial charge in [-0.1, -0.05) is 36.8 Å². The van der Waals surface area contributed by atoms with Crippen molar-refractivity contribution in [3.05, 3.63) is 54.4 Å². The van der Waals surface area contributed by atoms with Gasteiger partial charge in [-0.05, 0) is 30.9 Å². The van der Waals surface area contributed by atoms with Crippen molar-refractivity contribution in [1.82, 2.24) is 4.98 Å². The highest BCUT2D eigenvalue weighted by Gasteiger charge is 2.28. The molecule has 3 nitrogen and oxygen atoms in total. The van der Waals surface area contributed by atoms with Gasteiger partial charge in [0.25, 0.3) is 0 Å². The van der Waals surface area contributed by atoms with E-state index in [0.29, 0.717) is 18.4 Å². The Morgan fingerprint density at radius 2 is 1.86 bits per heavy atom. The number of hydrogen-bond acceptors (Lipinski definition) is 3. The summed E-state index contributed by atoms with van der Waals surface area (Å²) in [5, 5.41) is 0. The number of rotatable bonds is 3. The number of esters is 1. The molecular formula is C18H18FNO2. The number of benzene rings is 1. The second kappa shape index (κ2) is 6.69. The fourth-order valence-electron chi connectivity index (χ4n) is 2.73. The van der Waals surface area contributed by atoms with Gasteiger partial charge in [0.2, 0.25) is 0 Å². The van der Waals surface area contributed by atoms with Crippen molar-refractivity contribution in [2.24, 2.45) is 0 Å². The van der Waals surface area contributed by atoms with Crippen LogP contribution in [-0.2, 0) is 4.74 Å². The van der Waals surface area contributed by atoms with Crippen LogP contribution in [0.1, 0.15) is 36.0 Å². The fourth-order valence-corrected chi connectivity index (χ4v) is 2.73. The predicted octanol–water partition coefficient (Wildman–Crippen LogP) is 4.19. The minimum Gasteiger partial charge on any atom is -0.456 e. The molecule has 114 valence electrons. The molecule has 0 saturated heterocycles. The number of carbonyl (C=O) groups is 1. The van der Waals surface area contributed by atoms with E-state index in [4.69, 9.17) is 4.74 Å². The van der Waals surface area contributed by atoms with Gasteiger partial charge in [0.05, 0.1) is 5.56 Å². The maximum absolute atomic E-state index is 13.8. The van der Waals surface area contributed by atoms with E-state index < -0.39 is 18.2 Å². The van der Waals surface area contributed by atoms with E-state index in [1.165, 1.54) is 6.20 Å². The molecule has 1 aromatic heterocycles. The van der Waals surface area contributed by atoms with Crippen LogP contribution in [0.25, 0.3) is 11.1 Å². The number of hydrogen-bond donors (Lipinski definition) is 0. The van der Waals surface area contributed by atoms with Gasteiger partial charge in [0.15, 0.2) is 0 Å². The Kier molecular flexibility index (Phi) is 4.47. The van der Waals surface area contributed by atoms with Gasteiger partial charge in [-0.2, -0.15) is 0 Å². The van der Waals surface area contributed by atoms with Gasteiger partial charge in [0, 0.05) is 18.0 Å². The van der Waals surface area contributed by atoms with Crippen LogP contribution in [0.3, 0.4) is 0 Å². The minimum absolute atomic E-state index is 0.360. The fraction of sp³-hybridized carbons (Fsp3) is 0.333. The van der Waals surface area contributed by atoms with Crippen LogP contribution in [-0.4, -0.2) is 23.2 Å². The monoisotopic (exact) mass is 299 g/mol. The van der Waals surface area contributed by atoms with E-state index in [1.54, 1.807) is 12.3 Å². The molecule has 0 aliphatic heterocycles. The molecule has 0 bridgehead atoms. The molecule has 2 aromatic rings. The van der Waals surface area contributed by atoms with E-state index in [1.807, 2.05) is 30.3 Å². The van der Waals surface area contributed by atoms with Gasteiger partial charge in [-0.15, -0.1) is 0 Å². The number of alkyl halides is 1. The zero-order valence-corrected chi connectivity index (χ0v) is 12.2. The van der Waals surface area contributed by atoms with E-state index in [2.05, 4.69) is 4.98 Å². The van der Waals surface area contributed by atoms with E-state index in [-0.39, 0.29) is 0 Å². The zero-order valence-electron chi connectivity index (χ0n) is 12.2. The summed E-state index contributed by atoms with van der Waals surface area (Å²) in [4.78, 5) is 16.3. The lowest BCUT2D eigenvalue weighted by Crippen LogP contribution is -2.31. The summed E-state index contributed by atoms with van der Waals surface area (Å²) >= 11 is 0. The second-order valence-electron chi connectivity index (χ2n) is 5.57. The van der Waals surface area contributed by atoms with Crippen molar-refractivity contribution in [2.45, 2.75) is 38.0 Å². The quantitative estimate of drug-likeness (QED) is 0.798. The number of aromatic nitrogens is 1. The molecule has 1 heterocycles. The topological polar surface area (TPSA) is 39.2 Å². The van der Waals surface area contributed by atoms with Crippen molar-refractivity contribution in [3.63, 3.8) is 0 Å². The number of nitrogens with zero attached hydrogens (tertiary/aromatic N) is 1. The van der Waals surface area contributed by atoms with Crippen LogP contribution in [0.5, 0.6) is 0 Å². The molecule has 1 aliphatic rings. The summed E-state index contributed by atoms with van der Waals surface area (Å²) in [6, 6.07) is 11.4. The summed E-state index contributed by atoms with van der Waals surface area (Å²) < 4.78 is 19.1. The number of halogens is 1. The highest BCUT2D eigenvalue weighted by molar-refractivity contribution is 5.90. The first-order valence-electron chi connectivity index (χ1n) is 7.59. The van der Waals surface area contributed by atoms with E-state index >= 15 is 0 Å². The summed E-state index contributed by atoms with van der Waals surface area (Å²) in [6.45, 7) is 0. The van der Waals surface area contributed by atoms with E-state index in [9.17, 15) is 9.18 Å². The van der Waals surface area contributed by atoms with E-state index in [0.717, 1.165) is 24.0 Å². The van der Waals surface area contributed by atoms with Gasteiger partial charge in [-0.3, -0.25) is 4.98 Å². The Bertz CT molecular complexity index is 645. The Balaban J connectivity index is 1.75. The van der Waals surface area contributed by atoms with Crippen LogP contribution in [0.4, 0.5) is 4.39 Å². The highest BCUT2D eigenvalue weighted by atomic mass is 19.1. The maximum atomic E-state index is 13.8. The lowest BCUT2D eigenvalue weighted by molar-refractivity contribution is -0.00790. The molecule has 0 N–H and O–H groups in total. The van der Waals surface area contributed by atoms with Crippen molar-refractivity contribution in [2.75, 3.05) is 0 Å². The van der Waals surface area contributed by atoms with Crippen molar-refractivity contribution in [1.29, 1.82) is 0 Å². The molecule has 0 radical (unpaired) electrons. The third-order valence-electron chi connectivity index (χ3n) is 3.96. The largest absolute Gasteiger partial charge is 0.456 e. The van der Waals surface area contributed by atoms with Crippen LogP contribution >= 0.6 is 0 Å². The van der Waals surface area contributed by atoms with Crippen LogP contribution < -0.4 is 0 Å². The Morgan fingerprint density at radius 1 is 1.09 bits per heavy atom. The first-order chi connectivity index (χ1) is 10.7. The van der Waals surface area contributed by atoms with Gasteiger partial charge < -0.3 is 4.74 Å². The number of carbonyl (C=O) groups excluding carboxylic acids is 1. The lowest BCUT2D eigenvalue weighted by Gasteiger charge is -2.25. The standard InChI is InChI=1S/C18H18FNO2/c19-16-8-4-5-9-17(16)22-18(21)15-10-14(11-20-12-15)13-6-2-1-3-7-13/h1-3,6-7,10-12,16-17H,4-5,8-9H2/t16-,17-/m0/s1. The van der Waals surface area contributed by atoms with Gasteiger partial charge in [-0.25, -0.2) is 9.18 Å². The summed E-state index contributed by atoms with van der Waals surface area (Å²) in [5.74, 6) is -0.500. The molecule has 0 unspecified atom stereocenters. The molecule has 2 atom stereocenters. The van der Waals surface area contributed by atoms with Gasteiger partial charge >= 0.3 is 5.97 Å². The molecule has 22 heavy (non-hydrogen) atoms. The first kappa shape index (κ1) is 14.7. The average Bonchev–Trinajstić information content (AvgIpc) is 2.58. The molecule has 3 rings (SSSR count). The first-order valence-corrected chi connectivity index (χ1v) is 7.59. The Hall–Kier alpha value is -2.23. The molecule has 0 spiro atoms.